The number of thiophene rings is 1. The third-order valence-electron chi connectivity index (χ3n) is 4.01. The molecule has 0 radical (unpaired) electrons. The van der Waals surface area contributed by atoms with Crippen LogP contribution in [0, 0.1) is 17.3 Å². The number of hydrogen-bond acceptors (Lipinski definition) is 4. The number of allylic oxidation sites excluding steroid dienone is 2. The molecule has 5 heteroatoms. The molecule has 0 bridgehead atoms. The van der Waals surface area contributed by atoms with Crippen LogP contribution in [0.3, 0.4) is 0 Å². The van der Waals surface area contributed by atoms with E-state index >= 15 is 0 Å². The summed E-state index contributed by atoms with van der Waals surface area (Å²) < 4.78 is 4.71. The molecule has 0 spiro atoms. The molecule has 1 amide bonds. The lowest BCUT2D eigenvalue weighted by atomic mass is 10.1. The normalized spacial score (nSPS) is 22.3. The Bertz CT molecular complexity index is 596. The summed E-state index contributed by atoms with van der Waals surface area (Å²) in [4.78, 5) is 24.1. The van der Waals surface area contributed by atoms with Crippen LogP contribution in [0.1, 0.15) is 38.1 Å². The van der Waals surface area contributed by atoms with Crippen LogP contribution in [0.2, 0.25) is 0 Å². The second kappa shape index (κ2) is 5.64. The summed E-state index contributed by atoms with van der Waals surface area (Å²) in [5.74, 6) is -0.262. The van der Waals surface area contributed by atoms with Crippen molar-refractivity contribution in [1.29, 1.82) is 0 Å². The molecule has 1 aromatic heterocycles. The molecule has 1 aliphatic rings. The Hall–Kier alpha value is -1.62. The molecule has 0 unspecified atom stereocenters. The van der Waals surface area contributed by atoms with Crippen LogP contribution in [0.4, 0.5) is 5.00 Å². The van der Waals surface area contributed by atoms with E-state index < -0.39 is 5.97 Å². The van der Waals surface area contributed by atoms with Gasteiger partial charge in [-0.05, 0) is 36.6 Å². The number of carbonyl (C=O) groups is 2. The van der Waals surface area contributed by atoms with Crippen molar-refractivity contribution in [2.24, 2.45) is 17.3 Å². The standard InChI is InChI=1S/C16H21NO3S/c1-9(2)8-11-12(16(11,3)4)13(18)17-14-10(6-7-21-14)15(19)20-5/h6-8,11-12H,1-5H3,(H,17,18)/t11-,12-/m0/s1. The van der Waals surface area contributed by atoms with Gasteiger partial charge in [0.05, 0.1) is 18.6 Å². The van der Waals surface area contributed by atoms with E-state index in [0.29, 0.717) is 10.6 Å². The van der Waals surface area contributed by atoms with Gasteiger partial charge in [-0.15, -0.1) is 11.3 Å². The number of anilines is 1. The predicted molar refractivity (Wildman–Crippen MR) is 84.5 cm³/mol. The van der Waals surface area contributed by atoms with Crippen molar-refractivity contribution in [2.75, 3.05) is 12.4 Å². The van der Waals surface area contributed by atoms with Crippen molar-refractivity contribution >= 4 is 28.2 Å². The van der Waals surface area contributed by atoms with Gasteiger partial charge in [0.2, 0.25) is 5.91 Å². The lowest BCUT2D eigenvalue weighted by molar-refractivity contribution is -0.118. The van der Waals surface area contributed by atoms with Gasteiger partial charge in [-0.25, -0.2) is 4.79 Å². The van der Waals surface area contributed by atoms with E-state index in [0.717, 1.165) is 0 Å². The van der Waals surface area contributed by atoms with Crippen LogP contribution in [0.15, 0.2) is 23.1 Å². The highest BCUT2D eigenvalue weighted by Crippen LogP contribution is 2.59. The van der Waals surface area contributed by atoms with Crippen LogP contribution in [-0.4, -0.2) is 19.0 Å². The van der Waals surface area contributed by atoms with Crippen molar-refractivity contribution in [2.45, 2.75) is 27.7 Å². The topological polar surface area (TPSA) is 55.4 Å². The van der Waals surface area contributed by atoms with E-state index in [4.69, 9.17) is 4.74 Å². The molecule has 1 fully saturated rings. The summed E-state index contributed by atoms with van der Waals surface area (Å²) in [6, 6.07) is 1.66. The summed E-state index contributed by atoms with van der Waals surface area (Å²) in [5.41, 5.74) is 1.59. The number of ether oxygens (including phenoxy) is 1. The first-order chi connectivity index (χ1) is 9.78. The largest absolute Gasteiger partial charge is 0.465 e. The molecular formula is C16H21NO3S. The van der Waals surface area contributed by atoms with Gasteiger partial charge < -0.3 is 10.1 Å². The molecule has 1 heterocycles. The maximum Gasteiger partial charge on any atom is 0.340 e. The maximum absolute atomic E-state index is 12.5. The molecule has 1 aromatic rings. The lowest BCUT2D eigenvalue weighted by Gasteiger charge is -2.06. The fourth-order valence-corrected chi connectivity index (χ4v) is 3.49. The molecule has 1 aliphatic carbocycles. The Balaban J connectivity index is 2.12. The second-order valence-corrected chi connectivity index (χ2v) is 7.13. The summed E-state index contributed by atoms with van der Waals surface area (Å²) in [5, 5.41) is 5.21. The number of methoxy groups -OCH3 is 1. The first-order valence-corrected chi connectivity index (χ1v) is 7.78. The number of nitrogens with one attached hydrogen (secondary N) is 1. The zero-order valence-corrected chi connectivity index (χ0v) is 13.8. The summed E-state index contributed by atoms with van der Waals surface area (Å²) in [7, 11) is 1.33. The Morgan fingerprint density at radius 1 is 1.38 bits per heavy atom. The Morgan fingerprint density at radius 2 is 2.05 bits per heavy atom. The van der Waals surface area contributed by atoms with Gasteiger partial charge >= 0.3 is 5.97 Å². The van der Waals surface area contributed by atoms with Gasteiger partial charge in [-0.3, -0.25) is 4.79 Å². The predicted octanol–water partition coefficient (Wildman–Crippen LogP) is 3.71. The molecule has 0 aromatic carbocycles. The highest BCUT2D eigenvalue weighted by atomic mass is 32.1. The minimum atomic E-state index is -0.428. The van der Waals surface area contributed by atoms with Gasteiger partial charge in [0.1, 0.15) is 5.00 Å². The van der Waals surface area contributed by atoms with E-state index in [1.165, 1.54) is 24.0 Å². The van der Waals surface area contributed by atoms with E-state index in [1.807, 2.05) is 13.8 Å². The zero-order valence-electron chi connectivity index (χ0n) is 13.0. The summed E-state index contributed by atoms with van der Waals surface area (Å²) in [6.45, 7) is 8.27. The molecule has 1 N–H and O–H groups in total. The average molecular weight is 307 g/mol. The summed E-state index contributed by atoms with van der Waals surface area (Å²) >= 11 is 1.33. The van der Waals surface area contributed by atoms with Crippen LogP contribution >= 0.6 is 11.3 Å². The van der Waals surface area contributed by atoms with E-state index in [-0.39, 0.29) is 23.2 Å². The quantitative estimate of drug-likeness (QED) is 0.681. The monoisotopic (exact) mass is 307 g/mol. The number of amides is 1. The molecule has 21 heavy (non-hydrogen) atoms. The highest BCUT2D eigenvalue weighted by molar-refractivity contribution is 7.14. The van der Waals surface area contributed by atoms with E-state index in [2.05, 4.69) is 25.2 Å². The van der Waals surface area contributed by atoms with Gasteiger partial charge in [0, 0.05) is 0 Å². The molecule has 114 valence electrons. The molecular weight excluding hydrogens is 286 g/mol. The first kappa shape index (κ1) is 15.8. The third-order valence-corrected chi connectivity index (χ3v) is 4.84. The van der Waals surface area contributed by atoms with Crippen LogP contribution in [-0.2, 0) is 9.53 Å². The van der Waals surface area contributed by atoms with Crippen molar-refractivity contribution in [1.82, 2.24) is 0 Å². The minimum Gasteiger partial charge on any atom is -0.465 e. The van der Waals surface area contributed by atoms with Crippen LogP contribution < -0.4 is 5.32 Å². The third kappa shape index (κ3) is 3.02. The highest BCUT2D eigenvalue weighted by Gasteiger charge is 2.60. The molecule has 2 rings (SSSR count). The Kier molecular flexibility index (Phi) is 4.23. The number of esters is 1. The van der Waals surface area contributed by atoms with Crippen molar-refractivity contribution < 1.29 is 14.3 Å². The molecule has 2 atom stereocenters. The van der Waals surface area contributed by atoms with Crippen LogP contribution in [0.5, 0.6) is 0 Å². The number of carbonyl (C=O) groups excluding carboxylic acids is 2. The van der Waals surface area contributed by atoms with Gasteiger partial charge in [0.25, 0.3) is 0 Å². The fraction of sp³-hybridized carbons (Fsp3) is 0.500. The van der Waals surface area contributed by atoms with Gasteiger partial charge in [-0.2, -0.15) is 0 Å². The van der Waals surface area contributed by atoms with Gasteiger partial charge in [-0.1, -0.05) is 25.5 Å². The smallest absolute Gasteiger partial charge is 0.340 e. The molecule has 4 nitrogen and oxygen atoms in total. The minimum absolute atomic E-state index is 0.0323. The molecule has 0 aliphatic heterocycles. The van der Waals surface area contributed by atoms with E-state index in [1.54, 1.807) is 11.4 Å². The van der Waals surface area contributed by atoms with Crippen molar-refractivity contribution in [3.63, 3.8) is 0 Å². The number of hydrogen-bond donors (Lipinski definition) is 1. The van der Waals surface area contributed by atoms with Gasteiger partial charge in [0.15, 0.2) is 0 Å². The fourth-order valence-electron chi connectivity index (χ4n) is 2.72. The SMILES string of the molecule is COC(=O)c1ccsc1NC(=O)[C@@H]1[C@H](C=C(C)C)C1(C)C. The van der Waals surface area contributed by atoms with Crippen molar-refractivity contribution in [3.05, 3.63) is 28.7 Å². The maximum atomic E-state index is 12.5. The molecule has 1 saturated carbocycles. The lowest BCUT2D eigenvalue weighted by Crippen LogP contribution is -2.18. The Labute approximate surface area is 129 Å². The Morgan fingerprint density at radius 3 is 2.62 bits per heavy atom. The van der Waals surface area contributed by atoms with Crippen LogP contribution in [0.25, 0.3) is 0 Å². The second-order valence-electron chi connectivity index (χ2n) is 6.21. The zero-order chi connectivity index (χ0) is 15.8. The molecule has 0 saturated heterocycles. The first-order valence-electron chi connectivity index (χ1n) is 6.90. The van der Waals surface area contributed by atoms with E-state index in [9.17, 15) is 9.59 Å². The van der Waals surface area contributed by atoms with Crippen molar-refractivity contribution in [3.8, 4) is 0 Å². The average Bonchev–Trinajstić information content (AvgIpc) is 2.76. The summed E-state index contributed by atoms with van der Waals surface area (Å²) in [6.07, 6.45) is 2.15. The number of rotatable bonds is 4.